The first kappa shape index (κ1) is 19.8. The van der Waals surface area contributed by atoms with Crippen LogP contribution in [0.3, 0.4) is 0 Å². The van der Waals surface area contributed by atoms with Crippen molar-refractivity contribution in [3.63, 3.8) is 0 Å². The minimum Gasteiger partial charge on any atom is -0.497 e. The summed E-state index contributed by atoms with van der Waals surface area (Å²) in [5.41, 5.74) is 0.379. The number of piperidine rings is 1. The molecule has 0 unspecified atom stereocenters. The van der Waals surface area contributed by atoms with E-state index < -0.39 is 11.9 Å². The van der Waals surface area contributed by atoms with Gasteiger partial charge in [0.15, 0.2) is 6.61 Å². The number of carbonyl (C=O) groups excluding carboxylic acids is 3. The second kappa shape index (κ2) is 9.22. The highest BCUT2D eigenvalue weighted by Crippen LogP contribution is 2.20. The van der Waals surface area contributed by atoms with E-state index in [0.29, 0.717) is 36.2 Å². The fraction of sp³-hybridized carbons (Fsp3) is 0.526. The molecule has 2 atom stereocenters. The Labute approximate surface area is 153 Å². The Hall–Kier alpha value is -2.57. The normalized spacial score (nSPS) is 19.6. The minimum atomic E-state index is -0.646. The molecular weight excluding hydrogens is 336 g/mol. The molecule has 1 aliphatic heterocycles. The third kappa shape index (κ3) is 5.75. The van der Waals surface area contributed by atoms with E-state index in [0.717, 1.165) is 6.42 Å². The predicted octanol–water partition coefficient (Wildman–Crippen LogP) is 1.47. The lowest BCUT2D eigenvalue weighted by atomic mass is 9.92. The van der Waals surface area contributed by atoms with Gasteiger partial charge in [0, 0.05) is 18.7 Å². The zero-order valence-corrected chi connectivity index (χ0v) is 15.5. The molecule has 0 radical (unpaired) electrons. The quantitative estimate of drug-likeness (QED) is 0.775. The van der Waals surface area contributed by atoms with Crippen molar-refractivity contribution < 1.29 is 23.9 Å². The number of hydrogen-bond acceptors (Lipinski definition) is 5. The fourth-order valence-electron chi connectivity index (χ4n) is 3.17. The molecule has 1 aromatic rings. The van der Waals surface area contributed by atoms with Crippen LogP contribution in [0.5, 0.6) is 5.75 Å². The number of nitrogens with zero attached hydrogens (tertiary/aromatic N) is 1. The minimum absolute atomic E-state index is 0.198. The lowest BCUT2D eigenvalue weighted by Crippen LogP contribution is -2.44. The van der Waals surface area contributed by atoms with Gasteiger partial charge in [-0.15, -0.1) is 0 Å². The van der Waals surface area contributed by atoms with Crippen LogP contribution in [-0.2, 0) is 14.3 Å². The molecule has 0 aromatic heterocycles. The number of hydrogen-bond donors (Lipinski definition) is 1. The van der Waals surface area contributed by atoms with E-state index in [4.69, 9.17) is 9.47 Å². The van der Waals surface area contributed by atoms with Crippen LogP contribution in [0.2, 0.25) is 0 Å². The van der Waals surface area contributed by atoms with E-state index in [1.165, 1.54) is 7.11 Å². The average molecular weight is 362 g/mol. The summed E-state index contributed by atoms with van der Waals surface area (Å²) >= 11 is 0. The molecular formula is C19H26N2O5. The highest BCUT2D eigenvalue weighted by atomic mass is 16.5. The van der Waals surface area contributed by atoms with Gasteiger partial charge < -0.3 is 19.7 Å². The molecule has 7 heteroatoms. The van der Waals surface area contributed by atoms with Crippen molar-refractivity contribution in [2.45, 2.75) is 20.3 Å². The Morgan fingerprint density at radius 1 is 1.19 bits per heavy atom. The molecule has 26 heavy (non-hydrogen) atoms. The first-order chi connectivity index (χ1) is 12.4. The maximum Gasteiger partial charge on any atom is 0.325 e. The number of benzene rings is 1. The van der Waals surface area contributed by atoms with Crippen LogP contribution in [0.4, 0.5) is 0 Å². The standard InChI is InChI=1S/C19H26N2O5/c1-13-7-14(2)11-21(10-13)17(22)12-26-18(23)9-20-19(24)15-5-4-6-16(8-15)25-3/h4-6,8,13-14H,7,9-12H2,1-3H3,(H,20,24)/t13-,14+. The van der Waals surface area contributed by atoms with E-state index in [1.807, 2.05) is 0 Å². The fourth-order valence-corrected chi connectivity index (χ4v) is 3.17. The molecule has 1 aromatic carbocycles. The van der Waals surface area contributed by atoms with Gasteiger partial charge in [-0.2, -0.15) is 0 Å². The van der Waals surface area contributed by atoms with E-state index in [2.05, 4.69) is 19.2 Å². The third-order valence-electron chi connectivity index (χ3n) is 4.30. The van der Waals surface area contributed by atoms with Crippen molar-refractivity contribution in [2.24, 2.45) is 11.8 Å². The second-order valence-electron chi connectivity index (χ2n) is 6.82. The van der Waals surface area contributed by atoms with Crippen molar-refractivity contribution >= 4 is 17.8 Å². The zero-order valence-electron chi connectivity index (χ0n) is 15.5. The second-order valence-corrected chi connectivity index (χ2v) is 6.82. The molecule has 1 saturated heterocycles. The molecule has 142 valence electrons. The summed E-state index contributed by atoms with van der Waals surface area (Å²) in [6, 6.07) is 6.60. The molecule has 1 N–H and O–H groups in total. The molecule has 1 heterocycles. The molecule has 2 amide bonds. The van der Waals surface area contributed by atoms with E-state index in [1.54, 1.807) is 29.2 Å². The van der Waals surface area contributed by atoms with Gasteiger partial charge in [-0.1, -0.05) is 19.9 Å². The van der Waals surface area contributed by atoms with Crippen molar-refractivity contribution in [1.82, 2.24) is 10.2 Å². The first-order valence-corrected chi connectivity index (χ1v) is 8.74. The van der Waals surface area contributed by atoms with E-state index in [-0.39, 0.29) is 19.1 Å². The maximum absolute atomic E-state index is 12.2. The number of likely N-dealkylation sites (tertiary alicyclic amines) is 1. The lowest BCUT2D eigenvalue weighted by molar-refractivity contribution is -0.152. The Morgan fingerprint density at radius 2 is 1.88 bits per heavy atom. The van der Waals surface area contributed by atoms with Gasteiger partial charge in [0.25, 0.3) is 11.8 Å². The molecule has 1 aliphatic rings. The zero-order chi connectivity index (χ0) is 19.1. The topological polar surface area (TPSA) is 84.9 Å². The molecule has 0 spiro atoms. The SMILES string of the molecule is COc1cccc(C(=O)NCC(=O)OCC(=O)N2C[C@H](C)C[C@H](C)C2)c1. The Balaban J connectivity index is 1.74. The van der Waals surface area contributed by atoms with Gasteiger partial charge >= 0.3 is 5.97 Å². The number of amides is 2. The van der Waals surface area contributed by atoms with Crippen molar-refractivity contribution in [2.75, 3.05) is 33.4 Å². The van der Waals surface area contributed by atoms with Crippen LogP contribution >= 0.6 is 0 Å². The van der Waals surface area contributed by atoms with Gasteiger partial charge in [0.05, 0.1) is 7.11 Å². The first-order valence-electron chi connectivity index (χ1n) is 8.74. The molecule has 0 bridgehead atoms. The van der Waals surface area contributed by atoms with Crippen LogP contribution in [0.1, 0.15) is 30.6 Å². The van der Waals surface area contributed by atoms with Gasteiger partial charge in [0.1, 0.15) is 12.3 Å². The number of ether oxygens (including phenoxy) is 2. The summed E-state index contributed by atoms with van der Waals surface area (Å²) in [6.45, 7) is 5.00. The highest BCUT2D eigenvalue weighted by Gasteiger charge is 2.25. The summed E-state index contributed by atoms with van der Waals surface area (Å²) in [6.07, 6.45) is 1.10. The van der Waals surface area contributed by atoms with Gasteiger partial charge in [-0.3, -0.25) is 14.4 Å². The Morgan fingerprint density at radius 3 is 2.54 bits per heavy atom. The highest BCUT2D eigenvalue weighted by molar-refractivity contribution is 5.96. The smallest absolute Gasteiger partial charge is 0.325 e. The molecule has 2 rings (SSSR count). The number of nitrogens with one attached hydrogen (secondary N) is 1. The summed E-state index contributed by atoms with van der Waals surface area (Å²) in [7, 11) is 1.51. The molecule has 7 nitrogen and oxygen atoms in total. The van der Waals surface area contributed by atoms with Crippen LogP contribution in [-0.4, -0.2) is 56.0 Å². The lowest BCUT2D eigenvalue weighted by Gasteiger charge is -2.34. The Bertz CT molecular complexity index is 651. The maximum atomic E-state index is 12.2. The summed E-state index contributed by atoms with van der Waals surface area (Å²) in [4.78, 5) is 37.7. The predicted molar refractivity (Wildman–Crippen MR) is 95.8 cm³/mol. The van der Waals surface area contributed by atoms with Crippen molar-refractivity contribution in [3.8, 4) is 5.75 Å². The number of carbonyl (C=O) groups is 3. The van der Waals surface area contributed by atoms with Crippen LogP contribution in [0.15, 0.2) is 24.3 Å². The van der Waals surface area contributed by atoms with Crippen molar-refractivity contribution in [1.29, 1.82) is 0 Å². The average Bonchev–Trinajstić information content (AvgIpc) is 2.63. The number of esters is 1. The van der Waals surface area contributed by atoms with Gasteiger partial charge in [-0.05, 0) is 36.5 Å². The van der Waals surface area contributed by atoms with Crippen LogP contribution < -0.4 is 10.1 Å². The van der Waals surface area contributed by atoms with E-state index in [9.17, 15) is 14.4 Å². The largest absolute Gasteiger partial charge is 0.497 e. The molecule has 1 fully saturated rings. The van der Waals surface area contributed by atoms with Crippen LogP contribution in [0.25, 0.3) is 0 Å². The summed E-state index contributed by atoms with van der Waals surface area (Å²) < 4.78 is 10.0. The molecule has 0 aliphatic carbocycles. The third-order valence-corrected chi connectivity index (χ3v) is 4.30. The van der Waals surface area contributed by atoms with Gasteiger partial charge in [-0.25, -0.2) is 0 Å². The Kier molecular flexibility index (Phi) is 7.00. The number of methoxy groups -OCH3 is 1. The van der Waals surface area contributed by atoms with E-state index >= 15 is 0 Å². The molecule has 0 saturated carbocycles. The summed E-state index contributed by atoms with van der Waals surface area (Å²) in [5, 5.41) is 2.47. The van der Waals surface area contributed by atoms with Crippen molar-refractivity contribution in [3.05, 3.63) is 29.8 Å². The van der Waals surface area contributed by atoms with Crippen LogP contribution in [0, 0.1) is 11.8 Å². The van der Waals surface area contributed by atoms with Gasteiger partial charge in [0.2, 0.25) is 0 Å². The summed E-state index contributed by atoms with van der Waals surface area (Å²) in [5.74, 6) is 0.186. The number of rotatable bonds is 6. The monoisotopic (exact) mass is 362 g/mol.